The third-order valence-electron chi connectivity index (χ3n) is 3.72. The lowest BCUT2D eigenvalue weighted by Crippen LogP contribution is -2.33. The van der Waals surface area contributed by atoms with E-state index in [2.05, 4.69) is 10.6 Å². The van der Waals surface area contributed by atoms with Gasteiger partial charge in [-0.3, -0.25) is 14.9 Å². The second kappa shape index (κ2) is 7.38. The molecule has 1 aromatic carbocycles. The van der Waals surface area contributed by atoms with E-state index in [9.17, 15) is 14.9 Å². The summed E-state index contributed by atoms with van der Waals surface area (Å²) in [5.41, 5.74) is 1.46. The number of hydrogen-bond donors (Lipinski definition) is 2. The molecular formula is C14H20ClN3O3. The number of carbonyl (C=O) groups is 1. The normalized spacial score (nSPS) is 18.7. The van der Waals surface area contributed by atoms with Gasteiger partial charge in [0.05, 0.1) is 16.9 Å². The first-order valence-corrected chi connectivity index (χ1v) is 6.75. The lowest BCUT2D eigenvalue weighted by Gasteiger charge is -2.17. The van der Waals surface area contributed by atoms with Crippen molar-refractivity contribution in [3.05, 3.63) is 39.4 Å². The Kier molecular flexibility index (Phi) is 6.11. The van der Waals surface area contributed by atoms with E-state index in [0.29, 0.717) is 12.1 Å². The van der Waals surface area contributed by atoms with Gasteiger partial charge in [-0.1, -0.05) is 12.1 Å². The quantitative estimate of drug-likeness (QED) is 0.658. The maximum Gasteiger partial charge on any atom is 0.272 e. The summed E-state index contributed by atoms with van der Waals surface area (Å²) in [4.78, 5) is 22.6. The van der Waals surface area contributed by atoms with Crippen molar-refractivity contribution < 1.29 is 9.72 Å². The monoisotopic (exact) mass is 313 g/mol. The zero-order valence-electron chi connectivity index (χ0n) is 12.1. The molecule has 0 bridgehead atoms. The fourth-order valence-corrected chi connectivity index (χ4v) is 2.39. The molecule has 0 spiro atoms. The summed E-state index contributed by atoms with van der Waals surface area (Å²) in [6, 6.07) is 4.84. The molecule has 0 saturated carbocycles. The molecule has 1 heterocycles. The number of nitrogens with one attached hydrogen (secondary N) is 2. The molecule has 0 radical (unpaired) electrons. The van der Waals surface area contributed by atoms with E-state index < -0.39 is 4.92 Å². The molecule has 0 aromatic heterocycles. The zero-order chi connectivity index (χ0) is 14.7. The highest BCUT2D eigenvalue weighted by Gasteiger charge is 2.24. The lowest BCUT2D eigenvalue weighted by molar-refractivity contribution is -0.385. The average molecular weight is 314 g/mol. The van der Waals surface area contributed by atoms with Gasteiger partial charge in [0.15, 0.2) is 0 Å². The minimum atomic E-state index is -0.395. The van der Waals surface area contributed by atoms with Gasteiger partial charge in [0.2, 0.25) is 5.91 Å². The van der Waals surface area contributed by atoms with Gasteiger partial charge >= 0.3 is 0 Å². The van der Waals surface area contributed by atoms with Crippen LogP contribution in [0.15, 0.2) is 18.2 Å². The van der Waals surface area contributed by atoms with Crippen LogP contribution in [0.2, 0.25) is 0 Å². The van der Waals surface area contributed by atoms with Crippen molar-refractivity contribution in [1.82, 2.24) is 10.6 Å². The first-order valence-electron chi connectivity index (χ1n) is 6.75. The standard InChI is InChI=1S/C14H19N3O3.ClH/c1-9-3-4-11(7-13(9)17(19)20)10(2)16-14(18)12-5-6-15-8-12;/h3-4,7,10,12,15H,5-6,8H2,1-2H3,(H,16,18);1H. The number of benzene rings is 1. The Bertz CT molecular complexity index is 530. The van der Waals surface area contributed by atoms with E-state index in [0.717, 1.165) is 18.5 Å². The summed E-state index contributed by atoms with van der Waals surface area (Å²) in [5.74, 6) is 0.00334. The van der Waals surface area contributed by atoms with Gasteiger partial charge in [0, 0.05) is 18.2 Å². The van der Waals surface area contributed by atoms with Crippen LogP contribution in [0.4, 0.5) is 5.69 Å². The number of rotatable bonds is 4. The smallest absolute Gasteiger partial charge is 0.272 e. The third kappa shape index (κ3) is 4.15. The number of nitro groups is 1. The number of aryl methyl sites for hydroxylation is 1. The Morgan fingerprint density at radius 2 is 2.24 bits per heavy atom. The predicted octanol–water partition coefficient (Wildman–Crippen LogP) is 2.11. The van der Waals surface area contributed by atoms with E-state index in [-0.39, 0.29) is 36.0 Å². The Morgan fingerprint density at radius 3 is 2.81 bits per heavy atom. The van der Waals surface area contributed by atoms with Crippen LogP contribution in [-0.4, -0.2) is 23.9 Å². The molecule has 7 heteroatoms. The Labute approximate surface area is 129 Å². The minimum Gasteiger partial charge on any atom is -0.349 e. The van der Waals surface area contributed by atoms with Crippen LogP contribution >= 0.6 is 12.4 Å². The van der Waals surface area contributed by atoms with Crippen LogP contribution in [0.3, 0.4) is 0 Å². The maximum absolute atomic E-state index is 12.0. The van der Waals surface area contributed by atoms with Crippen molar-refractivity contribution in [2.75, 3.05) is 13.1 Å². The molecule has 1 amide bonds. The van der Waals surface area contributed by atoms with Crippen molar-refractivity contribution in [2.24, 2.45) is 5.92 Å². The van der Waals surface area contributed by atoms with Gasteiger partial charge in [0.25, 0.3) is 5.69 Å². The minimum absolute atomic E-state index is 0. The second-order valence-electron chi connectivity index (χ2n) is 5.22. The number of hydrogen-bond acceptors (Lipinski definition) is 4. The molecule has 0 aliphatic carbocycles. The molecule has 2 unspecified atom stereocenters. The molecule has 1 aliphatic rings. The van der Waals surface area contributed by atoms with Crippen molar-refractivity contribution in [2.45, 2.75) is 26.3 Å². The highest BCUT2D eigenvalue weighted by atomic mass is 35.5. The predicted molar refractivity (Wildman–Crippen MR) is 82.6 cm³/mol. The SMILES string of the molecule is Cc1ccc(C(C)NC(=O)C2CCNC2)cc1[N+](=O)[O-].Cl. The summed E-state index contributed by atoms with van der Waals surface area (Å²) in [5, 5.41) is 17.0. The number of amides is 1. The molecule has 2 rings (SSSR count). The lowest BCUT2D eigenvalue weighted by atomic mass is 10.0. The molecule has 1 fully saturated rings. The van der Waals surface area contributed by atoms with Crippen LogP contribution in [0.25, 0.3) is 0 Å². The average Bonchev–Trinajstić information content (AvgIpc) is 2.92. The molecular weight excluding hydrogens is 294 g/mol. The van der Waals surface area contributed by atoms with Crippen LogP contribution < -0.4 is 10.6 Å². The summed E-state index contributed by atoms with van der Waals surface area (Å²) in [6.45, 7) is 5.11. The molecule has 21 heavy (non-hydrogen) atoms. The summed E-state index contributed by atoms with van der Waals surface area (Å²) in [6.07, 6.45) is 0.840. The van der Waals surface area contributed by atoms with Gasteiger partial charge in [-0.15, -0.1) is 12.4 Å². The number of nitro benzene ring substituents is 1. The highest BCUT2D eigenvalue weighted by molar-refractivity contribution is 5.85. The fraction of sp³-hybridized carbons (Fsp3) is 0.500. The van der Waals surface area contributed by atoms with Crippen LogP contribution in [0.1, 0.15) is 30.5 Å². The van der Waals surface area contributed by atoms with Crippen molar-refractivity contribution in [1.29, 1.82) is 0 Å². The maximum atomic E-state index is 12.0. The van der Waals surface area contributed by atoms with Crippen molar-refractivity contribution in [3.63, 3.8) is 0 Å². The first-order chi connectivity index (χ1) is 9.49. The van der Waals surface area contributed by atoms with Gasteiger partial charge in [0.1, 0.15) is 0 Å². The molecule has 2 atom stereocenters. The molecule has 2 N–H and O–H groups in total. The number of nitrogens with zero attached hydrogens (tertiary/aromatic N) is 1. The highest BCUT2D eigenvalue weighted by Crippen LogP contribution is 2.23. The largest absolute Gasteiger partial charge is 0.349 e. The van der Waals surface area contributed by atoms with Gasteiger partial charge in [-0.2, -0.15) is 0 Å². The fourth-order valence-electron chi connectivity index (χ4n) is 2.39. The van der Waals surface area contributed by atoms with E-state index in [1.807, 2.05) is 13.0 Å². The van der Waals surface area contributed by atoms with Gasteiger partial charge < -0.3 is 10.6 Å². The first kappa shape index (κ1) is 17.4. The summed E-state index contributed by atoms with van der Waals surface area (Å²) in [7, 11) is 0. The van der Waals surface area contributed by atoms with E-state index in [4.69, 9.17) is 0 Å². The van der Waals surface area contributed by atoms with Crippen molar-refractivity contribution >= 4 is 24.0 Å². The van der Waals surface area contributed by atoms with Crippen molar-refractivity contribution in [3.8, 4) is 0 Å². The summed E-state index contributed by atoms with van der Waals surface area (Å²) < 4.78 is 0. The zero-order valence-corrected chi connectivity index (χ0v) is 12.9. The van der Waals surface area contributed by atoms with Crippen LogP contribution in [-0.2, 0) is 4.79 Å². The Hall–Kier alpha value is -1.66. The van der Waals surface area contributed by atoms with Crippen LogP contribution in [0, 0.1) is 23.0 Å². The van der Waals surface area contributed by atoms with E-state index >= 15 is 0 Å². The number of halogens is 1. The summed E-state index contributed by atoms with van der Waals surface area (Å²) >= 11 is 0. The van der Waals surface area contributed by atoms with E-state index in [1.54, 1.807) is 13.0 Å². The van der Waals surface area contributed by atoms with Gasteiger partial charge in [-0.25, -0.2) is 0 Å². The Balaban J connectivity index is 0.00000220. The molecule has 1 saturated heterocycles. The molecule has 1 aliphatic heterocycles. The van der Waals surface area contributed by atoms with Crippen LogP contribution in [0.5, 0.6) is 0 Å². The van der Waals surface area contributed by atoms with E-state index in [1.165, 1.54) is 6.07 Å². The second-order valence-corrected chi connectivity index (χ2v) is 5.22. The molecule has 1 aromatic rings. The molecule has 6 nitrogen and oxygen atoms in total. The Morgan fingerprint density at radius 1 is 1.52 bits per heavy atom. The number of carbonyl (C=O) groups excluding carboxylic acids is 1. The molecule has 116 valence electrons. The third-order valence-corrected chi connectivity index (χ3v) is 3.72. The van der Waals surface area contributed by atoms with Gasteiger partial charge in [-0.05, 0) is 32.4 Å². The topological polar surface area (TPSA) is 84.3 Å².